The van der Waals surface area contributed by atoms with Crippen LogP contribution in [0.25, 0.3) is 0 Å². The molecule has 0 radical (unpaired) electrons. The van der Waals surface area contributed by atoms with E-state index in [2.05, 4.69) is 0 Å². The molecule has 4 aliphatic heterocycles. The van der Waals surface area contributed by atoms with E-state index in [1.54, 1.807) is 0 Å². The second-order valence-corrected chi connectivity index (χ2v) is 10.2. The van der Waals surface area contributed by atoms with E-state index >= 15 is 0 Å². The van der Waals surface area contributed by atoms with Gasteiger partial charge in [0.15, 0.2) is 25.2 Å². The van der Waals surface area contributed by atoms with Gasteiger partial charge >= 0.3 is 0 Å². The summed E-state index contributed by atoms with van der Waals surface area (Å²) in [5.41, 5.74) is 0. The van der Waals surface area contributed by atoms with Crippen LogP contribution in [0.3, 0.4) is 0 Å². The van der Waals surface area contributed by atoms with Crippen molar-refractivity contribution in [2.45, 2.75) is 111 Å². The number of rotatable bonds is 8. The second-order valence-electron chi connectivity index (χ2n) is 10.2. The first-order chi connectivity index (χ1) is 19.4. The predicted octanol–water partition coefficient (Wildman–Crippen LogP) is -8.47. The maximum Gasteiger partial charge on any atom is 0.187 e. The molecule has 4 rings (SSSR count). The van der Waals surface area contributed by atoms with Crippen molar-refractivity contribution < 1.29 is 94.4 Å². The lowest BCUT2D eigenvalue weighted by Crippen LogP contribution is -2.65. The minimum Gasteiger partial charge on any atom is -0.394 e. The Bertz CT molecular complexity index is 820. The lowest BCUT2D eigenvalue weighted by molar-refractivity contribution is -0.373. The summed E-state index contributed by atoms with van der Waals surface area (Å²) in [5, 5.41) is 121. The average Bonchev–Trinajstić information content (AvgIpc) is 2.96. The topological polar surface area (TPSA) is 307 Å². The van der Waals surface area contributed by atoms with E-state index < -0.39 is 137 Å². The van der Waals surface area contributed by atoms with Gasteiger partial charge in [0.25, 0.3) is 0 Å². The summed E-state index contributed by atoms with van der Waals surface area (Å²) in [7, 11) is 0. The number of ether oxygens (including phenoxy) is 7. The quantitative estimate of drug-likeness (QED) is 0.122. The summed E-state index contributed by atoms with van der Waals surface area (Å²) in [5.74, 6) is 0. The molecule has 0 bridgehead atoms. The lowest BCUT2D eigenvalue weighted by Gasteiger charge is -2.47. The van der Waals surface area contributed by atoms with Gasteiger partial charge in [-0.2, -0.15) is 0 Å². The van der Waals surface area contributed by atoms with Crippen LogP contribution in [0.5, 0.6) is 0 Å². The highest BCUT2D eigenvalue weighted by molar-refractivity contribution is 4.95. The fraction of sp³-hybridized carbons (Fsp3) is 1.00. The Labute approximate surface area is 232 Å². The highest BCUT2D eigenvalue weighted by Gasteiger charge is 2.52. The molecule has 4 fully saturated rings. The molecule has 0 saturated carbocycles. The van der Waals surface area contributed by atoms with Crippen LogP contribution in [0.2, 0.25) is 0 Å². The maximum absolute atomic E-state index is 10.7. The molecule has 4 heterocycles. The zero-order valence-electron chi connectivity index (χ0n) is 21.4. The molecular weight excluding hydrogens is 568 g/mol. The molecule has 0 aromatic carbocycles. The van der Waals surface area contributed by atoms with Gasteiger partial charge in [0.05, 0.1) is 26.4 Å². The fourth-order valence-corrected chi connectivity index (χ4v) is 4.92. The summed E-state index contributed by atoms with van der Waals surface area (Å²) in [4.78, 5) is 0. The van der Waals surface area contributed by atoms with Crippen LogP contribution in [-0.4, -0.2) is 198 Å². The van der Waals surface area contributed by atoms with Crippen LogP contribution in [0, 0.1) is 0 Å². The molecule has 19 heteroatoms. The average molecular weight is 607 g/mol. The van der Waals surface area contributed by atoms with Gasteiger partial charge in [-0.3, -0.25) is 0 Å². The smallest absolute Gasteiger partial charge is 0.187 e. The van der Waals surface area contributed by atoms with Crippen LogP contribution < -0.4 is 0 Å². The summed E-state index contributed by atoms with van der Waals surface area (Å²) >= 11 is 0. The zero-order valence-corrected chi connectivity index (χ0v) is 21.4. The molecule has 18 atom stereocenters. The SMILES string of the molecule is OC[C@H]1O[C@@H](O[C@@H]2CO[C@@H](O[C@H]3[C@H](O)[C@H](O)[C@H](O[C@@H]4CO[C@@H](O)[C@H](O)[C@H]4O)O[C@@H]3CO)[C@H](O)[C@H]2O)[C@@H](O)[C@@H](O)[C@@H]1O. The van der Waals surface area contributed by atoms with E-state index in [-0.39, 0.29) is 0 Å². The highest BCUT2D eigenvalue weighted by Crippen LogP contribution is 2.31. The van der Waals surface area contributed by atoms with E-state index in [1.165, 1.54) is 0 Å². The standard InChI is InChI=1S/C22H38O19/c23-1-5-9(25)12(28)16(32)21(37-5)40-8-4-36-20(15(31)11(8)27)41-18-6(2-24)38-22(17(33)13(18)29)39-7-3-35-19(34)14(30)10(7)26/h5-34H,1-4H2/t5-,6-,7-,8-,9-,10+,11+,12+,13-,14-,15-,16+,17+,18-,19-,20+,21+,22+/m1/s1. The number of aliphatic hydroxyl groups is 12. The van der Waals surface area contributed by atoms with Gasteiger partial charge in [-0.15, -0.1) is 0 Å². The third-order valence-electron chi connectivity index (χ3n) is 7.47. The van der Waals surface area contributed by atoms with Crippen LogP contribution in [0.15, 0.2) is 0 Å². The monoisotopic (exact) mass is 606 g/mol. The van der Waals surface area contributed by atoms with E-state index in [0.29, 0.717) is 0 Å². The fourth-order valence-electron chi connectivity index (χ4n) is 4.92. The van der Waals surface area contributed by atoms with E-state index in [1.807, 2.05) is 0 Å². The summed E-state index contributed by atoms with van der Waals surface area (Å²) in [6, 6.07) is 0. The van der Waals surface area contributed by atoms with E-state index in [0.717, 1.165) is 0 Å². The lowest BCUT2D eigenvalue weighted by atomic mass is 9.97. The molecule has 0 spiro atoms. The second kappa shape index (κ2) is 13.9. The Balaban J connectivity index is 1.35. The molecule has 0 aliphatic carbocycles. The predicted molar refractivity (Wildman–Crippen MR) is 122 cm³/mol. The van der Waals surface area contributed by atoms with Gasteiger partial charge in [0, 0.05) is 0 Å². The third kappa shape index (κ3) is 6.83. The first-order valence-electron chi connectivity index (χ1n) is 12.9. The summed E-state index contributed by atoms with van der Waals surface area (Å²) < 4.78 is 37.3. The Morgan fingerprint density at radius 3 is 1.54 bits per heavy atom. The molecule has 41 heavy (non-hydrogen) atoms. The number of hydrogen-bond acceptors (Lipinski definition) is 19. The van der Waals surface area contributed by atoms with Crippen molar-refractivity contribution >= 4 is 0 Å². The van der Waals surface area contributed by atoms with Gasteiger partial charge in [-0.25, -0.2) is 0 Å². The first-order valence-corrected chi connectivity index (χ1v) is 12.9. The molecule has 4 saturated heterocycles. The summed E-state index contributed by atoms with van der Waals surface area (Å²) in [6.07, 6.45) is -29.4. The van der Waals surface area contributed by atoms with Crippen molar-refractivity contribution in [2.75, 3.05) is 26.4 Å². The van der Waals surface area contributed by atoms with Crippen molar-refractivity contribution in [2.24, 2.45) is 0 Å². The van der Waals surface area contributed by atoms with Gasteiger partial charge < -0.3 is 94.4 Å². The van der Waals surface area contributed by atoms with Crippen molar-refractivity contribution in [3.8, 4) is 0 Å². The van der Waals surface area contributed by atoms with Gasteiger partial charge in [0.1, 0.15) is 85.5 Å². The minimum absolute atomic E-state index is 0.405. The van der Waals surface area contributed by atoms with Crippen LogP contribution in [-0.2, 0) is 33.2 Å². The Kier molecular flexibility index (Phi) is 11.2. The maximum atomic E-state index is 10.7. The molecule has 240 valence electrons. The van der Waals surface area contributed by atoms with Crippen LogP contribution in [0.4, 0.5) is 0 Å². The van der Waals surface area contributed by atoms with Gasteiger partial charge in [-0.05, 0) is 0 Å². The van der Waals surface area contributed by atoms with E-state index in [9.17, 15) is 61.3 Å². The molecule has 0 unspecified atom stereocenters. The van der Waals surface area contributed by atoms with Gasteiger partial charge in [0.2, 0.25) is 0 Å². The Hall–Kier alpha value is -0.760. The Morgan fingerprint density at radius 1 is 0.463 bits per heavy atom. The highest BCUT2D eigenvalue weighted by atomic mass is 16.8. The van der Waals surface area contributed by atoms with Crippen molar-refractivity contribution in [3.05, 3.63) is 0 Å². The molecule has 4 aliphatic rings. The molecule has 19 nitrogen and oxygen atoms in total. The van der Waals surface area contributed by atoms with Crippen molar-refractivity contribution in [1.29, 1.82) is 0 Å². The van der Waals surface area contributed by atoms with Crippen molar-refractivity contribution in [1.82, 2.24) is 0 Å². The molecule has 0 amide bonds. The minimum atomic E-state index is -1.86. The molecule has 0 aromatic heterocycles. The van der Waals surface area contributed by atoms with Gasteiger partial charge in [-0.1, -0.05) is 0 Å². The molecule has 0 aromatic rings. The Morgan fingerprint density at radius 2 is 0.951 bits per heavy atom. The number of aliphatic hydroxyl groups excluding tert-OH is 12. The normalized spacial score (nSPS) is 53.3. The van der Waals surface area contributed by atoms with Crippen LogP contribution >= 0.6 is 0 Å². The molecular formula is C22H38O19. The molecule has 12 N–H and O–H groups in total. The number of hydrogen-bond donors (Lipinski definition) is 12. The first kappa shape index (κ1) is 33.1. The van der Waals surface area contributed by atoms with Crippen LogP contribution in [0.1, 0.15) is 0 Å². The largest absolute Gasteiger partial charge is 0.394 e. The van der Waals surface area contributed by atoms with E-state index in [4.69, 9.17) is 33.2 Å². The van der Waals surface area contributed by atoms with Crippen molar-refractivity contribution in [3.63, 3.8) is 0 Å². The summed E-state index contributed by atoms with van der Waals surface area (Å²) in [6.45, 7) is -2.41. The third-order valence-corrected chi connectivity index (χ3v) is 7.47. The zero-order chi connectivity index (χ0) is 30.2.